The second-order valence-electron chi connectivity index (χ2n) is 8.54. The normalized spacial score (nSPS) is 14.7. The number of carbonyl (C=O) groups excluding carboxylic acids is 2. The largest absolute Gasteiger partial charge is 0.370 e. The van der Waals surface area contributed by atoms with Crippen LogP contribution in [0.3, 0.4) is 0 Å². The van der Waals surface area contributed by atoms with Gasteiger partial charge in [0.15, 0.2) is 0 Å². The third-order valence-electron chi connectivity index (χ3n) is 6.11. The molecule has 1 aliphatic heterocycles. The maximum atomic E-state index is 15.1. The Morgan fingerprint density at radius 2 is 1.79 bits per heavy atom. The zero-order chi connectivity index (χ0) is 26.6. The molecule has 5 rings (SSSR count). The van der Waals surface area contributed by atoms with Crippen molar-refractivity contribution < 1.29 is 14.0 Å². The summed E-state index contributed by atoms with van der Waals surface area (Å²) >= 11 is 0. The second-order valence-corrected chi connectivity index (χ2v) is 8.54. The van der Waals surface area contributed by atoms with Gasteiger partial charge in [-0.15, -0.1) is 0 Å². The third-order valence-corrected chi connectivity index (χ3v) is 6.11. The minimum atomic E-state index is -1.23. The molecule has 0 radical (unpaired) electrons. The lowest BCUT2D eigenvalue weighted by Gasteiger charge is -2.14. The number of anilines is 2. The molecular weight excluding hydrogens is 485 g/mol. The van der Waals surface area contributed by atoms with Crippen molar-refractivity contribution in [2.24, 2.45) is 4.99 Å². The van der Waals surface area contributed by atoms with Crippen LogP contribution in [0, 0.1) is 5.95 Å². The molecular formula is C28H26FN7O2. The molecule has 2 amide bonds. The second kappa shape index (κ2) is 10.6. The Morgan fingerprint density at radius 1 is 1.03 bits per heavy atom. The SMILES string of the molecule is CCNc1ccc(-c2c(C(=O)N[C@H]3N=C(c4ccccc4)c4ccccc4NC3=O)cnn2CC)c(F)n1. The quantitative estimate of drug-likeness (QED) is 0.324. The van der Waals surface area contributed by atoms with Gasteiger partial charge in [0.25, 0.3) is 11.8 Å². The van der Waals surface area contributed by atoms with E-state index in [2.05, 4.69) is 31.0 Å². The highest BCUT2D eigenvalue weighted by Crippen LogP contribution is 2.28. The number of benzodiazepines with no additional fused rings is 1. The van der Waals surface area contributed by atoms with E-state index in [1.807, 2.05) is 62.4 Å². The predicted molar refractivity (Wildman–Crippen MR) is 144 cm³/mol. The molecule has 0 aliphatic carbocycles. The molecule has 192 valence electrons. The van der Waals surface area contributed by atoms with Crippen LogP contribution in [0.25, 0.3) is 11.3 Å². The molecule has 0 fully saturated rings. The molecule has 4 aromatic rings. The summed E-state index contributed by atoms with van der Waals surface area (Å²) in [7, 11) is 0. The van der Waals surface area contributed by atoms with E-state index in [0.717, 1.165) is 11.1 Å². The molecule has 2 aromatic heterocycles. The van der Waals surface area contributed by atoms with Crippen LogP contribution in [0.15, 0.2) is 77.9 Å². The Bertz CT molecular complexity index is 1530. The number of aliphatic imine (C=N–C) groups is 1. The Morgan fingerprint density at radius 3 is 2.53 bits per heavy atom. The number of halogens is 1. The van der Waals surface area contributed by atoms with Crippen molar-refractivity contribution in [1.82, 2.24) is 20.1 Å². The highest BCUT2D eigenvalue weighted by atomic mass is 19.1. The van der Waals surface area contributed by atoms with Crippen LogP contribution in [0.2, 0.25) is 0 Å². The molecule has 1 aliphatic rings. The zero-order valence-corrected chi connectivity index (χ0v) is 20.9. The minimum absolute atomic E-state index is 0.106. The molecule has 0 unspecified atom stereocenters. The first-order valence-corrected chi connectivity index (χ1v) is 12.3. The number of para-hydroxylation sites is 1. The minimum Gasteiger partial charge on any atom is -0.370 e. The van der Waals surface area contributed by atoms with E-state index >= 15 is 4.39 Å². The van der Waals surface area contributed by atoms with Gasteiger partial charge in [0, 0.05) is 24.2 Å². The van der Waals surface area contributed by atoms with Crippen LogP contribution < -0.4 is 16.0 Å². The summed E-state index contributed by atoms with van der Waals surface area (Å²) in [6, 6.07) is 19.9. The summed E-state index contributed by atoms with van der Waals surface area (Å²) < 4.78 is 16.6. The van der Waals surface area contributed by atoms with Crippen molar-refractivity contribution >= 4 is 29.0 Å². The van der Waals surface area contributed by atoms with Crippen molar-refractivity contribution in [3.05, 3.63) is 95.6 Å². The summed E-state index contributed by atoms with van der Waals surface area (Å²) in [6.07, 6.45) is 0.124. The van der Waals surface area contributed by atoms with Gasteiger partial charge in [-0.2, -0.15) is 9.49 Å². The van der Waals surface area contributed by atoms with E-state index in [4.69, 9.17) is 0 Å². The van der Waals surface area contributed by atoms with Crippen LogP contribution in [0.4, 0.5) is 15.9 Å². The summed E-state index contributed by atoms with van der Waals surface area (Å²) in [6.45, 7) is 4.70. The average Bonchev–Trinajstić information content (AvgIpc) is 3.30. The molecule has 10 heteroatoms. The lowest BCUT2D eigenvalue weighted by Crippen LogP contribution is -2.42. The fourth-order valence-corrected chi connectivity index (χ4v) is 4.35. The summed E-state index contributed by atoms with van der Waals surface area (Å²) in [5, 5.41) is 12.8. The molecule has 0 saturated carbocycles. The van der Waals surface area contributed by atoms with Crippen LogP contribution >= 0.6 is 0 Å². The number of benzene rings is 2. The number of aromatic nitrogens is 3. The number of hydrogen-bond acceptors (Lipinski definition) is 6. The molecule has 0 spiro atoms. The van der Waals surface area contributed by atoms with E-state index in [1.165, 1.54) is 10.9 Å². The topological polar surface area (TPSA) is 113 Å². The average molecular weight is 512 g/mol. The van der Waals surface area contributed by atoms with Crippen LogP contribution in [-0.2, 0) is 11.3 Å². The number of nitrogens with one attached hydrogen (secondary N) is 3. The van der Waals surface area contributed by atoms with Crippen molar-refractivity contribution in [1.29, 1.82) is 0 Å². The third kappa shape index (κ3) is 4.75. The molecule has 2 aromatic carbocycles. The molecule has 9 nitrogen and oxygen atoms in total. The monoisotopic (exact) mass is 511 g/mol. The van der Waals surface area contributed by atoms with E-state index in [1.54, 1.807) is 18.2 Å². The van der Waals surface area contributed by atoms with E-state index in [-0.39, 0.29) is 16.8 Å². The van der Waals surface area contributed by atoms with Crippen LogP contribution in [0.5, 0.6) is 0 Å². The van der Waals surface area contributed by atoms with Gasteiger partial charge >= 0.3 is 0 Å². The summed E-state index contributed by atoms with van der Waals surface area (Å²) in [5.74, 6) is -1.46. The smallest absolute Gasteiger partial charge is 0.269 e. The van der Waals surface area contributed by atoms with Gasteiger partial charge in [-0.3, -0.25) is 14.3 Å². The number of hydrogen-bond donors (Lipinski definition) is 3. The zero-order valence-electron chi connectivity index (χ0n) is 20.9. The first kappa shape index (κ1) is 24.8. The summed E-state index contributed by atoms with van der Waals surface area (Å²) in [4.78, 5) is 35.3. The predicted octanol–water partition coefficient (Wildman–Crippen LogP) is 4.08. The number of amides is 2. The maximum absolute atomic E-state index is 15.1. The van der Waals surface area contributed by atoms with Crippen molar-refractivity contribution in [2.45, 2.75) is 26.6 Å². The number of aryl methyl sites for hydroxylation is 1. The first-order chi connectivity index (χ1) is 18.5. The number of pyridine rings is 1. The Balaban J connectivity index is 1.52. The van der Waals surface area contributed by atoms with Gasteiger partial charge in [0.2, 0.25) is 12.1 Å². The Kier molecular flexibility index (Phi) is 6.94. The number of fused-ring (bicyclic) bond motifs is 1. The van der Waals surface area contributed by atoms with E-state index in [0.29, 0.717) is 30.3 Å². The maximum Gasteiger partial charge on any atom is 0.269 e. The van der Waals surface area contributed by atoms with Crippen LogP contribution in [-0.4, -0.2) is 45.0 Å². The van der Waals surface area contributed by atoms with Crippen molar-refractivity contribution in [2.75, 3.05) is 17.2 Å². The Labute approximate surface area is 218 Å². The van der Waals surface area contributed by atoms with Gasteiger partial charge in [-0.25, -0.2) is 9.98 Å². The lowest BCUT2D eigenvalue weighted by atomic mass is 10.0. The molecule has 3 heterocycles. The molecule has 0 bridgehead atoms. The Hall–Kier alpha value is -4.86. The van der Waals surface area contributed by atoms with Gasteiger partial charge < -0.3 is 16.0 Å². The molecule has 38 heavy (non-hydrogen) atoms. The molecule has 0 saturated heterocycles. The van der Waals surface area contributed by atoms with Gasteiger partial charge in [-0.05, 0) is 32.0 Å². The van der Waals surface area contributed by atoms with Gasteiger partial charge in [0.1, 0.15) is 5.82 Å². The lowest BCUT2D eigenvalue weighted by molar-refractivity contribution is -0.117. The summed E-state index contributed by atoms with van der Waals surface area (Å²) in [5.41, 5.74) is 3.18. The first-order valence-electron chi connectivity index (χ1n) is 12.3. The number of nitrogens with zero attached hydrogens (tertiary/aromatic N) is 4. The van der Waals surface area contributed by atoms with Crippen molar-refractivity contribution in [3.63, 3.8) is 0 Å². The number of carbonyl (C=O) groups is 2. The van der Waals surface area contributed by atoms with Crippen LogP contribution in [0.1, 0.15) is 35.3 Å². The van der Waals surface area contributed by atoms with Gasteiger partial charge in [0.05, 0.1) is 34.4 Å². The standard InChI is InChI=1S/C28H26FN7O2/c1-3-30-22-15-14-19(25(29)33-22)24-20(16-31-36(24)4-2)27(37)35-26-28(38)32-21-13-9-8-12-18(21)23(34-26)17-10-6-5-7-11-17/h5-16,26H,3-4H2,1-2H3,(H,30,33)(H,32,38)(H,35,37)/t26-/m1/s1. The van der Waals surface area contributed by atoms with E-state index in [9.17, 15) is 9.59 Å². The van der Waals surface area contributed by atoms with E-state index < -0.39 is 23.9 Å². The molecule has 1 atom stereocenters. The number of rotatable bonds is 7. The molecule has 3 N–H and O–H groups in total. The fourth-order valence-electron chi connectivity index (χ4n) is 4.35. The van der Waals surface area contributed by atoms with Crippen molar-refractivity contribution in [3.8, 4) is 11.3 Å². The highest BCUT2D eigenvalue weighted by molar-refractivity contribution is 6.20. The fraction of sp³-hybridized carbons (Fsp3) is 0.179. The highest BCUT2D eigenvalue weighted by Gasteiger charge is 2.29. The van der Waals surface area contributed by atoms with Gasteiger partial charge in [-0.1, -0.05) is 48.5 Å².